The average Bonchev–Trinajstić information content (AvgIpc) is 2.41. The van der Waals surface area contributed by atoms with E-state index in [1.807, 2.05) is 27.7 Å². The van der Waals surface area contributed by atoms with Crippen molar-refractivity contribution in [3.8, 4) is 0 Å². The second kappa shape index (κ2) is 9.02. The van der Waals surface area contributed by atoms with Gasteiger partial charge in [-0.3, -0.25) is 9.59 Å². The Hall–Kier alpha value is -1.24. The van der Waals surface area contributed by atoms with Gasteiger partial charge in [-0.05, 0) is 13.3 Å². The molecule has 128 valence electrons. The lowest BCUT2D eigenvalue weighted by atomic mass is 9.85. The molecule has 0 amide bonds. The fraction of sp³-hybridized carbons (Fsp3) is 0.800. The number of esters is 2. The van der Waals surface area contributed by atoms with Crippen molar-refractivity contribution in [1.29, 1.82) is 0 Å². The van der Waals surface area contributed by atoms with Crippen LogP contribution in [-0.2, 0) is 23.8 Å². The van der Waals surface area contributed by atoms with Gasteiger partial charge in [0.05, 0.1) is 13.7 Å². The van der Waals surface area contributed by atoms with Crippen molar-refractivity contribution in [3.05, 3.63) is 0 Å². The minimum atomic E-state index is -1.51. The predicted octanol–water partition coefficient (Wildman–Crippen LogP) is 3.18. The highest BCUT2D eigenvalue weighted by atomic mass is 32.2. The summed E-state index contributed by atoms with van der Waals surface area (Å²) >= 11 is 1.44. The summed E-state index contributed by atoms with van der Waals surface area (Å²) in [6.07, 6.45) is -0.295. The van der Waals surface area contributed by atoms with Gasteiger partial charge in [0.25, 0.3) is 0 Å². The van der Waals surface area contributed by atoms with Crippen LogP contribution in [0.25, 0.3) is 0 Å². The highest BCUT2D eigenvalue weighted by Crippen LogP contribution is 2.37. The van der Waals surface area contributed by atoms with Crippen LogP contribution in [0.5, 0.6) is 0 Å². The molecule has 1 atom stereocenters. The Morgan fingerprint density at radius 1 is 1.05 bits per heavy atom. The molecule has 0 spiro atoms. The van der Waals surface area contributed by atoms with Gasteiger partial charge in [-0.2, -0.15) is 11.8 Å². The van der Waals surface area contributed by atoms with E-state index in [2.05, 4.69) is 9.47 Å². The molecule has 0 unspecified atom stereocenters. The highest BCUT2D eigenvalue weighted by Gasteiger charge is 2.49. The van der Waals surface area contributed by atoms with Gasteiger partial charge in [0.2, 0.25) is 0 Å². The average molecular weight is 334 g/mol. The van der Waals surface area contributed by atoms with Crippen molar-refractivity contribution in [2.45, 2.75) is 52.2 Å². The number of carbonyl (C=O) groups excluding carboxylic acids is 3. The molecule has 0 saturated heterocycles. The third-order valence-corrected chi connectivity index (χ3v) is 4.34. The molecule has 22 heavy (non-hydrogen) atoms. The molecular weight excluding hydrogens is 308 g/mol. The molecule has 0 aliphatic carbocycles. The summed E-state index contributed by atoms with van der Waals surface area (Å²) in [5.74, 6) is -1.44. The molecule has 0 fully saturated rings. The van der Waals surface area contributed by atoms with Crippen molar-refractivity contribution < 1.29 is 28.6 Å². The molecule has 0 saturated carbocycles. The lowest BCUT2D eigenvalue weighted by Crippen LogP contribution is -2.45. The van der Waals surface area contributed by atoms with Gasteiger partial charge in [-0.15, -0.1) is 0 Å². The molecule has 0 bridgehead atoms. The molecule has 0 radical (unpaired) electrons. The van der Waals surface area contributed by atoms with Crippen LogP contribution in [0.15, 0.2) is 0 Å². The molecule has 0 aromatic heterocycles. The fourth-order valence-corrected chi connectivity index (χ4v) is 2.82. The summed E-state index contributed by atoms with van der Waals surface area (Å²) in [5, 5.41) is 0. The topological polar surface area (TPSA) is 78.9 Å². The number of ether oxygens (including phenoxy) is 3. The highest BCUT2D eigenvalue weighted by molar-refractivity contribution is 8.00. The second-order valence-electron chi connectivity index (χ2n) is 5.80. The van der Waals surface area contributed by atoms with E-state index < -0.39 is 23.5 Å². The van der Waals surface area contributed by atoms with E-state index in [0.29, 0.717) is 6.42 Å². The van der Waals surface area contributed by atoms with Crippen LogP contribution in [0.1, 0.15) is 47.5 Å². The van der Waals surface area contributed by atoms with E-state index in [-0.39, 0.29) is 23.5 Å². The van der Waals surface area contributed by atoms with E-state index in [0.717, 1.165) is 0 Å². The lowest BCUT2D eigenvalue weighted by Gasteiger charge is -2.30. The first-order chi connectivity index (χ1) is 10.1. The largest absolute Gasteiger partial charge is 0.516 e. The van der Waals surface area contributed by atoms with Crippen LogP contribution >= 0.6 is 11.8 Å². The van der Waals surface area contributed by atoms with E-state index in [9.17, 15) is 14.4 Å². The smallest absolute Gasteiger partial charge is 0.468 e. The lowest BCUT2D eigenvalue weighted by molar-refractivity contribution is -0.166. The predicted molar refractivity (Wildman–Crippen MR) is 84.7 cm³/mol. The molecule has 0 rings (SSSR count). The third kappa shape index (κ3) is 6.25. The van der Waals surface area contributed by atoms with Gasteiger partial charge < -0.3 is 14.2 Å². The van der Waals surface area contributed by atoms with Crippen molar-refractivity contribution in [2.75, 3.05) is 19.5 Å². The first-order valence-corrected chi connectivity index (χ1v) is 8.23. The number of carbonyl (C=O) groups is 3. The zero-order valence-corrected chi connectivity index (χ0v) is 15.0. The number of rotatable bonds is 7. The number of thioether (sulfide) groups is 1. The minimum absolute atomic E-state index is 0.0852. The Morgan fingerprint density at radius 2 is 1.64 bits per heavy atom. The van der Waals surface area contributed by atoms with Crippen LogP contribution in [0.2, 0.25) is 0 Å². The Morgan fingerprint density at radius 3 is 2.05 bits per heavy atom. The zero-order chi connectivity index (χ0) is 17.4. The summed E-state index contributed by atoms with van der Waals surface area (Å²) in [4.78, 5) is 36.0. The van der Waals surface area contributed by atoms with E-state index in [1.54, 1.807) is 6.92 Å². The monoisotopic (exact) mass is 334 g/mol. The Bertz CT molecular complexity index is 401. The summed E-state index contributed by atoms with van der Waals surface area (Å²) in [5.41, 5.74) is -1.51. The molecular formula is C15H26O6S. The first kappa shape index (κ1) is 20.8. The summed E-state index contributed by atoms with van der Waals surface area (Å²) in [7, 11) is 1.21. The fourth-order valence-electron chi connectivity index (χ4n) is 1.76. The summed E-state index contributed by atoms with van der Waals surface area (Å²) in [6.45, 7) is 9.45. The number of hydrogen-bond donors (Lipinski definition) is 0. The van der Waals surface area contributed by atoms with Crippen molar-refractivity contribution in [2.24, 2.45) is 5.41 Å². The molecule has 0 aliphatic heterocycles. The van der Waals surface area contributed by atoms with Crippen LogP contribution in [0.4, 0.5) is 4.79 Å². The first-order valence-electron chi connectivity index (χ1n) is 7.24. The Balaban J connectivity index is 5.38. The number of methoxy groups -OCH3 is 1. The quantitative estimate of drug-likeness (QED) is 0.522. The van der Waals surface area contributed by atoms with E-state index in [4.69, 9.17) is 4.74 Å². The zero-order valence-electron chi connectivity index (χ0n) is 14.2. The summed E-state index contributed by atoms with van der Waals surface area (Å²) in [6, 6.07) is 0. The van der Waals surface area contributed by atoms with E-state index >= 15 is 0 Å². The molecule has 0 aromatic rings. The van der Waals surface area contributed by atoms with Crippen molar-refractivity contribution in [1.82, 2.24) is 0 Å². The normalized spacial score (nSPS) is 13.9. The van der Waals surface area contributed by atoms with Crippen molar-refractivity contribution in [3.63, 3.8) is 0 Å². The Labute approximate surface area is 136 Å². The van der Waals surface area contributed by atoms with Gasteiger partial charge >= 0.3 is 18.1 Å². The molecule has 6 nitrogen and oxygen atoms in total. The maximum Gasteiger partial charge on any atom is 0.516 e. The molecule has 0 N–H and O–H groups in total. The van der Waals surface area contributed by atoms with Gasteiger partial charge in [0.15, 0.2) is 5.41 Å². The Kier molecular flexibility index (Phi) is 8.52. The number of hydrogen-bond acceptors (Lipinski definition) is 7. The van der Waals surface area contributed by atoms with Crippen LogP contribution in [0.3, 0.4) is 0 Å². The molecule has 0 aromatic carbocycles. The SMILES string of the molecule is CCC[C@@](CSC(C)(C)C)(C(=O)OC)C(=O)OC(=O)OCC. The van der Waals surface area contributed by atoms with E-state index in [1.165, 1.54) is 18.9 Å². The molecule has 0 heterocycles. The summed E-state index contributed by atoms with van der Waals surface area (Å²) < 4.78 is 13.9. The second-order valence-corrected chi connectivity index (χ2v) is 7.60. The van der Waals surface area contributed by atoms with Gasteiger partial charge in [-0.25, -0.2) is 4.79 Å². The van der Waals surface area contributed by atoms with Crippen LogP contribution in [0, 0.1) is 5.41 Å². The molecule has 0 aliphatic rings. The van der Waals surface area contributed by atoms with Crippen LogP contribution in [-0.4, -0.2) is 42.3 Å². The van der Waals surface area contributed by atoms with Crippen LogP contribution < -0.4 is 0 Å². The maximum atomic E-state index is 12.4. The van der Waals surface area contributed by atoms with Gasteiger partial charge in [0.1, 0.15) is 0 Å². The van der Waals surface area contributed by atoms with Gasteiger partial charge in [0, 0.05) is 10.5 Å². The van der Waals surface area contributed by atoms with Gasteiger partial charge in [-0.1, -0.05) is 34.1 Å². The third-order valence-electron chi connectivity index (χ3n) is 2.83. The minimum Gasteiger partial charge on any atom is -0.468 e. The van der Waals surface area contributed by atoms with Crippen molar-refractivity contribution >= 4 is 29.9 Å². The standard InChI is InChI=1S/C15H26O6S/c1-7-9-15(11(16)19-6,10-22-14(3,4)5)12(17)21-13(18)20-8-2/h7-10H2,1-6H3/t15-/m1/s1. The molecule has 7 heteroatoms. The maximum absolute atomic E-state index is 12.4.